The van der Waals surface area contributed by atoms with E-state index in [0.717, 1.165) is 18.3 Å². The lowest BCUT2D eigenvalue weighted by atomic mass is 10.1. The zero-order chi connectivity index (χ0) is 22.8. The van der Waals surface area contributed by atoms with Crippen LogP contribution in [0.1, 0.15) is 11.1 Å². The minimum Gasteiger partial charge on any atom is -0.264 e. The zero-order valence-corrected chi connectivity index (χ0v) is 17.3. The highest BCUT2D eigenvalue weighted by atomic mass is 32.2. The Kier molecular flexibility index (Phi) is 5.75. The van der Waals surface area contributed by atoms with Crippen LogP contribution in [0.3, 0.4) is 0 Å². The molecule has 0 atom stereocenters. The summed E-state index contributed by atoms with van der Waals surface area (Å²) >= 11 is 0. The summed E-state index contributed by atoms with van der Waals surface area (Å²) in [6.45, 7) is 0. The topological polar surface area (TPSA) is 72.8 Å². The van der Waals surface area contributed by atoms with Gasteiger partial charge in [-0.15, -0.1) is 0 Å². The average Bonchev–Trinajstić information content (AvgIpc) is 2.79. The van der Waals surface area contributed by atoms with Crippen molar-refractivity contribution >= 4 is 9.84 Å². The Morgan fingerprint density at radius 2 is 1.59 bits per heavy atom. The molecule has 32 heavy (non-hydrogen) atoms. The molecule has 0 spiro atoms. The SMILES string of the molecule is O=S(=O)(Cc1ccccc1)c1cnc(-c2cccnc2)nc1-c1cccc(C(F)(F)F)c1. The monoisotopic (exact) mass is 455 g/mol. The van der Waals surface area contributed by atoms with Gasteiger partial charge in [-0.2, -0.15) is 13.2 Å². The van der Waals surface area contributed by atoms with E-state index >= 15 is 0 Å². The Morgan fingerprint density at radius 1 is 0.844 bits per heavy atom. The predicted octanol–water partition coefficient (Wildman–Crippen LogP) is 5.20. The Bertz CT molecular complexity index is 1340. The molecule has 0 radical (unpaired) electrons. The van der Waals surface area contributed by atoms with Gasteiger partial charge in [-0.1, -0.05) is 42.5 Å². The number of halogens is 3. The smallest absolute Gasteiger partial charge is 0.264 e. The largest absolute Gasteiger partial charge is 0.416 e. The number of nitrogens with zero attached hydrogens (tertiary/aromatic N) is 3. The van der Waals surface area contributed by atoms with E-state index in [2.05, 4.69) is 15.0 Å². The fourth-order valence-corrected chi connectivity index (χ4v) is 4.61. The van der Waals surface area contributed by atoms with Crippen LogP contribution in [0, 0.1) is 0 Å². The van der Waals surface area contributed by atoms with E-state index in [1.807, 2.05) is 0 Å². The molecule has 9 heteroatoms. The molecule has 4 rings (SSSR count). The summed E-state index contributed by atoms with van der Waals surface area (Å²) in [5, 5.41) is 0. The zero-order valence-electron chi connectivity index (χ0n) is 16.5. The van der Waals surface area contributed by atoms with Gasteiger partial charge in [0.05, 0.1) is 23.2 Å². The van der Waals surface area contributed by atoms with E-state index < -0.39 is 21.6 Å². The third-order valence-corrected chi connectivity index (χ3v) is 6.36. The Hall–Kier alpha value is -3.59. The first kappa shape index (κ1) is 21.6. The highest BCUT2D eigenvalue weighted by Crippen LogP contribution is 2.34. The van der Waals surface area contributed by atoms with Crippen LogP contribution in [0.4, 0.5) is 13.2 Å². The number of hydrogen-bond acceptors (Lipinski definition) is 5. The normalized spacial score (nSPS) is 12.0. The first-order chi connectivity index (χ1) is 15.2. The first-order valence-electron chi connectivity index (χ1n) is 9.46. The third kappa shape index (κ3) is 4.67. The summed E-state index contributed by atoms with van der Waals surface area (Å²) < 4.78 is 66.3. The van der Waals surface area contributed by atoms with Gasteiger partial charge in [-0.25, -0.2) is 18.4 Å². The lowest BCUT2D eigenvalue weighted by Gasteiger charge is -2.13. The Labute approximate surface area is 182 Å². The second kappa shape index (κ2) is 8.51. The van der Waals surface area contributed by atoms with Crippen molar-refractivity contribution in [1.29, 1.82) is 0 Å². The van der Waals surface area contributed by atoms with Crippen molar-refractivity contribution in [3.8, 4) is 22.6 Å². The van der Waals surface area contributed by atoms with Gasteiger partial charge in [-0.3, -0.25) is 4.98 Å². The molecular weight excluding hydrogens is 439 g/mol. The van der Waals surface area contributed by atoms with Crippen molar-refractivity contribution in [3.05, 3.63) is 96.4 Å². The Balaban J connectivity index is 1.89. The summed E-state index contributed by atoms with van der Waals surface area (Å²) in [6, 6.07) is 16.3. The van der Waals surface area contributed by atoms with E-state index in [9.17, 15) is 21.6 Å². The first-order valence-corrected chi connectivity index (χ1v) is 11.1. The molecule has 0 saturated heterocycles. The van der Waals surface area contributed by atoms with Crippen LogP contribution in [0.15, 0.2) is 90.2 Å². The van der Waals surface area contributed by atoms with Crippen LogP contribution >= 0.6 is 0 Å². The molecule has 0 aliphatic carbocycles. The molecule has 0 aliphatic heterocycles. The van der Waals surface area contributed by atoms with Crippen molar-refractivity contribution in [2.24, 2.45) is 0 Å². The standard InChI is InChI=1S/C23H16F3N3O2S/c24-23(25,26)19-10-4-8-17(12-19)21-20(32(30,31)15-16-6-2-1-3-7-16)14-28-22(29-21)18-9-5-11-27-13-18/h1-14H,15H2. The maximum Gasteiger partial charge on any atom is 0.416 e. The average molecular weight is 455 g/mol. The van der Waals surface area contributed by atoms with Crippen molar-refractivity contribution in [1.82, 2.24) is 15.0 Å². The lowest BCUT2D eigenvalue weighted by Crippen LogP contribution is -2.10. The summed E-state index contributed by atoms with van der Waals surface area (Å²) in [4.78, 5) is 12.3. The molecule has 5 nitrogen and oxygen atoms in total. The van der Waals surface area contributed by atoms with Gasteiger partial charge < -0.3 is 0 Å². The van der Waals surface area contributed by atoms with Crippen LogP contribution in [-0.4, -0.2) is 23.4 Å². The highest BCUT2D eigenvalue weighted by Gasteiger charge is 2.31. The second-order valence-electron chi connectivity index (χ2n) is 6.97. The molecule has 0 amide bonds. The van der Waals surface area contributed by atoms with Gasteiger partial charge in [0.1, 0.15) is 4.90 Å². The number of sulfone groups is 1. The van der Waals surface area contributed by atoms with Crippen molar-refractivity contribution in [3.63, 3.8) is 0 Å². The number of benzene rings is 2. The molecule has 4 aromatic rings. The van der Waals surface area contributed by atoms with Crippen LogP contribution in [0.2, 0.25) is 0 Å². The van der Waals surface area contributed by atoms with Crippen LogP contribution < -0.4 is 0 Å². The minimum absolute atomic E-state index is 0.0269. The molecule has 0 N–H and O–H groups in total. The minimum atomic E-state index is -4.59. The van der Waals surface area contributed by atoms with Gasteiger partial charge in [0, 0.05) is 23.5 Å². The maximum absolute atomic E-state index is 13.3. The summed E-state index contributed by atoms with van der Waals surface area (Å²) in [7, 11) is -3.96. The molecule has 2 heterocycles. The summed E-state index contributed by atoms with van der Waals surface area (Å²) in [5.41, 5.74) is 0.0781. The van der Waals surface area contributed by atoms with Crippen molar-refractivity contribution < 1.29 is 21.6 Å². The van der Waals surface area contributed by atoms with Crippen LogP contribution in [0.25, 0.3) is 22.6 Å². The van der Waals surface area contributed by atoms with E-state index in [4.69, 9.17) is 0 Å². The van der Waals surface area contributed by atoms with Crippen molar-refractivity contribution in [2.75, 3.05) is 0 Å². The number of alkyl halides is 3. The molecule has 2 aromatic carbocycles. The fraction of sp³-hybridized carbons (Fsp3) is 0.0870. The van der Waals surface area contributed by atoms with Gasteiger partial charge in [0.2, 0.25) is 0 Å². The van der Waals surface area contributed by atoms with E-state index in [1.165, 1.54) is 18.3 Å². The van der Waals surface area contributed by atoms with Gasteiger partial charge in [-0.05, 0) is 29.8 Å². The molecule has 0 unspecified atom stereocenters. The molecule has 2 aromatic heterocycles. The van der Waals surface area contributed by atoms with E-state index in [-0.39, 0.29) is 27.7 Å². The molecule has 162 valence electrons. The van der Waals surface area contributed by atoms with Crippen molar-refractivity contribution in [2.45, 2.75) is 16.8 Å². The molecule has 0 bridgehead atoms. The predicted molar refractivity (Wildman–Crippen MR) is 113 cm³/mol. The van der Waals surface area contributed by atoms with E-state index in [0.29, 0.717) is 11.1 Å². The number of rotatable bonds is 5. The maximum atomic E-state index is 13.3. The van der Waals surface area contributed by atoms with Crippen LogP contribution in [-0.2, 0) is 21.8 Å². The quantitative estimate of drug-likeness (QED) is 0.414. The van der Waals surface area contributed by atoms with Gasteiger partial charge >= 0.3 is 6.18 Å². The fourth-order valence-electron chi connectivity index (χ4n) is 3.15. The molecular formula is C23H16F3N3O2S. The highest BCUT2D eigenvalue weighted by molar-refractivity contribution is 7.90. The van der Waals surface area contributed by atoms with Gasteiger partial charge in [0.15, 0.2) is 15.7 Å². The van der Waals surface area contributed by atoms with Gasteiger partial charge in [0.25, 0.3) is 0 Å². The Morgan fingerprint density at radius 3 is 2.28 bits per heavy atom. The van der Waals surface area contributed by atoms with E-state index in [1.54, 1.807) is 48.7 Å². The third-order valence-electron chi connectivity index (χ3n) is 4.67. The summed E-state index contributed by atoms with van der Waals surface area (Å²) in [6.07, 6.45) is -0.402. The summed E-state index contributed by atoms with van der Waals surface area (Å²) in [5.74, 6) is -0.181. The molecule has 0 fully saturated rings. The number of hydrogen-bond donors (Lipinski definition) is 0. The lowest BCUT2D eigenvalue weighted by molar-refractivity contribution is -0.137. The number of pyridine rings is 1. The van der Waals surface area contributed by atoms with Crippen LogP contribution in [0.5, 0.6) is 0 Å². The molecule has 0 saturated carbocycles. The number of aromatic nitrogens is 3. The second-order valence-corrected chi connectivity index (χ2v) is 8.93. The molecule has 0 aliphatic rings.